The predicted molar refractivity (Wildman–Crippen MR) is 60.2 cm³/mol. The molecule has 2 amide bonds. The summed E-state index contributed by atoms with van der Waals surface area (Å²) < 4.78 is 39.5. The number of nitrogens with zero attached hydrogens (tertiary/aromatic N) is 2. The van der Waals surface area contributed by atoms with Crippen LogP contribution in [0.1, 0.15) is 5.56 Å². The largest absolute Gasteiger partial charge is 0.573 e. The minimum absolute atomic E-state index is 0.00662. The highest BCUT2D eigenvalue weighted by Crippen LogP contribution is 2.22. The van der Waals surface area contributed by atoms with Gasteiger partial charge in [0, 0.05) is 7.05 Å². The number of carbonyl (C=O) groups is 1. The van der Waals surface area contributed by atoms with Crippen molar-refractivity contribution in [2.24, 2.45) is 11.7 Å². The zero-order valence-electron chi connectivity index (χ0n) is 10.0. The summed E-state index contributed by atoms with van der Waals surface area (Å²) in [5.74, 6) is 10.3. The first-order valence-corrected chi connectivity index (χ1v) is 5.08. The van der Waals surface area contributed by atoms with Crippen molar-refractivity contribution in [3.8, 4) is 5.75 Å². The highest BCUT2D eigenvalue weighted by molar-refractivity contribution is 5.72. The number of rotatable bonds is 3. The predicted octanol–water partition coefficient (Wildman–Crippen LogP) is 1.19. The van der Waals surface area contributed by atoms with Crippen molar-refractivity contribution in [1.82, 2.24) is 10.0 Å². The van der Waals surface area contributed by atoms with Gasteiger partial charge in [-0.1, -0.05) is 12.1 Å². The van der Waals surface area contributed by atoms with Gasteiger partial charge in [-0.3, -0.25) is 10.0 Å². The van der Waals surface area contributed by atoms with Crippen molar-refractivity contribution in [3.63, 3.8) is 0 Å². The van der Waals surface area contributed by atoms with Gasteiger partial charge in [0.2, 0.25) is 0 Å². The van der Waals surface area contributed by atoms with E-state index >= 15 is 0 Å². The quantitative estimate of drug-likeness (QED) is 0.494. The maximum atomic E-state index is 11.9. The van der Waals surface area contributed by atoms with E-state index in [1.165, 1.54) is 19.2 Å². The number of carbonyl (C=O) groups excluding carboxylic acids is 1. The molecule has 1 rings (SSSR count). The van der Waals surface area contributed by atoms with Gasteiger partial charge in [0.15, 0.2) is 0 Å². The summed E-state index contributed by atoms with van der Waals surface area (Å²) in [5, 5.41) is 1.63. The number of hydrazine groups is 2. The average Bonchev–Trinajstić information content (AvgIpc) is 2.28. The summed E-state index contributed by atoms with van der Waals surface area (Å²) in [5.41, 5.74) is 0.534. The normalized spacial score (nSPS) is 11.1. The average molecular weight is 278 g/mol. The van der Waals surface area contributed by atoms with Gasteiger partial charge in [0.25, 0.3) is 0 Å². The van der Waals surface area contributed by atoms with E-state index in [-0.39, 0.29) is 12.3 Å². The Kier molecular flexibility index (Phi) is 4.57. The Morgan fingerprint density at radius 2 is 1.79 bits per heavy atom. The molecule has 0 bridgehead atoms. The molecule has 0 aromatic heterocycles. The summed E-state index contributed by atoms with van der Waals surface area (Å²) in [4.78, 5) is 11.3. The molecule has 0 radical (unpaired) electrons. The van der Waals surface area contributed by atoms with Gasteiger partial charge in [0.05, 0.1) is 6.54 Å². The van der Waals surface area contributed by atoms with Gasteiger partial charge in [-0.2, -0.15) is 0 Å². The molecular weight excluding hydrogens is 265 g/mol. The Hall–Kier alpha value is -2.00. The Morgan fingerprint density at radius 1 is 1.26 bits per heavy atom. The van der Waals surface area contributed by atoms with Crippen LogP contribution < -0.4 is 16.4 Å². The van der Waals surface area contributed by atoms with Crippen LogP contribution in [0, 0.1) is 0 Å². The van der Waals surface area contributed by atoms with Crippen molar-refractivity contribution in [1.29, 1.82) is 0 Å². The summed E-state index contributed by atoms with van der Waals surface area (Å²) in [6.45, 7) is 0.00662. The fourth-order valence-corrected chi connectivity index (χ4v) is 1.26. The standard InChI is InChI=1S/C10H13F3N4O2/c1-16(14)9(18)17(15)6-7-2-4-8(5-3-7)19-10(11,12)13/h2-5H,6,14-15H2,1H3. The summed E-state index contributed by atoms with van der Waals surface area (Å²) in [7, 11) is 1.32. The third-order valence-electron chi connectivity index (χ3n) is 2.06. The van der Waals surface area contributed by atoms with Gasteiger partial charge in [0.1, 0.15) is 5.75 Å². The van der Waals surface area contributed by atoms with Crippen molar-refractivity contribution in [2.45, 2.75) is 12.9 Å². The number of hydrogen-bond acceptors (Lipinski definition) is 4. The van der Waals surface area contributed by atoms with Crippen LogP contribution in [0.2, 0.25) is 0 Å². The molecule has 4 N–H and O–H groups in total. The Balaban J connectivity index is 2.65. The van der Waals surface area contributed by atoms with Crippen molar-refractivity contribution in [2.75, 3.05) is 7.05 Å². The molecule has 0 fully saturated rings. The molecule has 0 atom stereocenters. The monoisotopic (exact) mass is 278 g/mol. The van der Waals surface area contributed by atoms with Crippen molar-refractivity contribution in [3.05, 3.63) is 29.8 Å². The number of hydrogen-bond donors (Lipinski definition) is 2. The van der Waals surface area contributed by atoms with E-state index < -0.39 is 12.4 Å². The third-order valence-corrected chi connectivity index (χ3v) is 2.06. The Bertz CT molecular complexity index is 433. The Morgan fingerprint density at radius 3 is 2.21 bits per heavy atom. The molecule has 9 heteroatoms. The fourth-order valence-electron chi connectivity index (χ4n) is 1.26. The summed E-state index contributed by atoms with van der Waals surface area (Å²) in [6, 6.07) is 4.37. The van der Waals surface area contributed by atoms with Crippen LogP contribution in [-0.2, 0) is 6.54 Å². The first-order chi connectivity index (χ1) is 8.69. The van der Waals surface area contributed by atoms with Gasteiger partial charge in [-0.05, 0) is 17.7 Å². The molecular formula is C10H13F3N4O2. The molecule has 0 heterocycles. The molecule has 0 saturated carbocycles. The van der Waals surface area contributed by atoms with Crippen LogP contribution in [0.5, 0.6) is 5.75 Å². The van der Waals surface area contributed by atoms with E-state index in [1.807, 2.05) is 0 Å². The molecule has 0 saturated heterocycles. The second kappa shape index (κ2) is 5.76. The maximum Gasteiger partial charge on any atom is 0.573 e. The molecule has 1 aromatic carbocycles. The highest BCUT2D eigenvalue weighted by atomic mass is 19.4. The number of halogens is 3. The van der Waals surface area contributed by atoms with E-state index in [1.54, 1.807) is 0 Å². The van der Waals surface area contributed by atoms with Crippen LogP contribution in [0.3, 0.4) is 0 Å². The van der Waals surface area contributed by atoms with E-state index in [4.69, 9.17) is 11.7 Å². The van der Waals surface area contributed by atoms with Gasteiger partial charge < -0.3 is 4.74 Å². The molecule has 0 aliphatic rings. The minimum Gasteiger partial charge on any atom is -0.406 e. The number of amides is 2. The van der Waals surface area contributed by atoms with Crippen molar-refractivity contribution >= 4 is 6.03 Å². The third kappa shape index (κ3) is 5.02. The second-order valence-corrected chi connectivity index (χ2v) is 3.71. The SMILES string of the molecule is CN(N)C(=O)N(N)Cc1ccc(OC(F)(F)F)cc1. The molecule has 0 spiro atoms. The smallest absolute Gasteiger partial charge is 0.406 e. The van der Waals surface area contributed by atoms with Gasteiger partial charge in [-0.25, -0.2) is 16.5 Å². The topological polar surface area (TPSA) is 84.8 Å². The lowest BCUT2D eigenvalue weighted by atomic mass is 10.2. The fraction of sp³-hybridized carbons (Fsp3) is 0.300. The van der Waals surface area contributed by atoms with Crippen LogP contribution in [0.15, 0.2) is 24.3 Å². The van der Waals surface area contributed by atoms with Gasteiger partial charge >= 0.3 is 12.4 Å². The second-order valence-electron chi connectivity index (χ2n) is 3.71. The maximum absolute atomic E-state index is 11.9. The van der Waals surface area contributed by atoms with Crippen LogP contribution in [-0.4, -0.2) is 29.5 Å². The van der Waals surface area contributed by atoms with E-state index in [0.29, 0.717) is 5.56 Å². The lowest BCUT2D eigenvalue weighted by molar-refractivity contribution is -0.274. The molecule has 6 nitrogen and oxygen atoms in total. The number of urea groups is 1. The zero-order valence-corrected chi connectivity index (χ0v) is 10.0. The highest BCUT2D eigenvalue weighted by Gasteiger charge is 2.30. The molecule has 0 aliphatic carbocycles. The number of nitrogens with two attached hydrogens (primary N) is 2. The first-order valence-electron chi connectivity index (χ1n) is 5.08. The summed E-state index contributed by atoms with van der Waals surface area (Å²) in [6.07, 6.45) is -4.74. The lowest BCUT2D eigenvalue weighted by Crippen LogP contribution is -2.47. The van der Waals surface area contributed by atoms with Gasteiger partial charge in [-0.15, -0.1) is 13.2 Å². The molecule has 106 valence electrons. The number of alkyl halides is 3. The zero-order chi connectivity index (χ0) is 14.6. The molecule has 19 heavy (non-hydrogen) atoms. The van der Waals surface area contributed by atoms with E-state index in [2.05, 4.69) is 4.74 Å². The van der Waals surface area contributed by atoms with E-state index in [0.717, 1.165) is 22.2 Å². The van der Waals surface area contributed by atoms with Crippen LogP contribution >= 0.6 is 0 Å². The molecule has 0 aliphatic heterocycles. The number of ether oxygens (including phenoxy) is 1. The van der Waals surface area contributed by atoms with E-state index in [9.17, 15) is 18.0 Å². The first kappa shape index (κ1) is 15.1. The minimum atomic E-state index is -4.74. The lowest BCUT2D eigenvalue weighted by Gasteiger charge is -2.20. The van der Waals surface area contributed by atoms with Crippen LogP contribution in [0.25, 0.3) is 0 Å². The van der Waals surface area contributed by atoms with Crippen molar-refractivity contribution < 1.29 is 22.7 Å². The number of benzene rings is 1. The Labute approximate surface area is 107 Å². The molecule has 1 aromatic rings. The molecule has 0 unspecified atom stereocenters. The summed E-state index contributed by atoms with van der Waals surface area (Å²) >= 11 is 0. The van der Waals surface area contributed by atoms with Crippen LogP contribution in [0.4, 0.5) is 18.0 Å².